The largest absolute Gasteiger partial charge is 0.333 e. The van der Waals surface area contributed by atoms with Crippen LogP contribution in [0.25, 0.3) is 0 Å². The van der Waals surface area contributed by atoms with Crippen molar-refractivity contribution in [2.75, 3.05) is 0 Å². The summed E-state index contributed by atoms with van der Waals surface area (Å²) in [5.74, 6) is 1.23. The first-order valence-corrected chi connectivity index (χ1v) is 5.30. The number of hydrogen-bond acceptors (Lipinski definition) is 1. The maximum absolute atomic E-state index is 4.34. The summed E-state index contributed by atoms with van der Waals surface area (Å²) in [5, 5.41) is 0. The van der Waals surface area contributed by atoms with Gasteiger partial charge in [0.15, 0.2) is 0 Å². The van der Waals surface area contributed by atoms with Crippen molar-refractivity contribution in [3.8, 4) is 0 Å². The van der Waals surface area contributed by atoms with Crippen molar-refractivity contribution < 1.29 is 0 Å². The monoisotopic (exact) mass is 182 g/mol. The first-order valence-electron chi connectivity index (χ1n) is 5.30. The zero-order valence-corrected chi connectivity index (χ0v) is 9.59. The Morgan fingerprint density at radius 2 is 1.92 bits per heavy atom. The van der Waals surface area contributed by atoms with Crippen molar-refractivity contribution in [2.24, 2.45) is 0 Å². The molecule has 0 saturated carbocycles. The molecule has 0 radical (unpaired) electrons. The summed E-state index contributed by atoms with van der Waals surface area (Å²) in [6.45, 7) is 11.5. The number of nitrogens with zero attached hydrogens (tertiary/aromatic N) is 2. The number of rotatable bonds is 3. The van der Waals surface area contributed by atoms with E-state index in [2.05, 4.69) is 30.3 Å². The van der Waals surface area contributed by atoms with E-state index < -0.39 is 0 Å². The van der Waals surface area contributed by atoms with Gasteiger partial charge in [0.25, 0.3) is 0 Å². The molecule has 2 heteroatoms. The predicted octanol–water partition coefficient (Wildman–Crippen LogP) is 3.19. The normalized spacial score (nSPS) is 9.31. The summed E-state index contributed by atoms with van der Waals surface area (Å²) in [4.78, 5) is 4.34. The standard InChI is InChI=1S/C9H16N2.C2H6/c1-4-6-9-10-7-8(3)11(9)5-2;1-2/h7H,4-6H2,1-3H3;1-2H3. The fraction of sp³-hybridized carbons (Fsp3) is 0.727. The summed E-state index contributed by atoms with van der Waals surface area (Å²) in [5.41, 5.74) is 1.27. The molecule has 0 aliphatic carbocycles. The van der Waals surface area contributed by atoms with Gasteiger partial charge >= 0.3 is 0 Å². The average Bonchev–Trinajstić information content (AvgIpc) is 2.51. The van der Waals surface area contributed by atoms with Crippen LogP contribution < -0.4 is 0 Å². The first kappa shape index (κ1) is 12.2. The molecule has 0 N–H and O–H groups in total. The number of aromatic nitrogens is 2. The van der Waals surface area contributed by atoms with Gasteiger partial charge in [-0.25, -0.2) is 4.98 Å². The SMILES string of the molecule is CC.CCCc1ncc(C)n1CC. The van der Waals surface area contributed by atoms with Gasteiger partial charge in [0.2, 0.25) is 0 Å². The zero-order chi connectivity index (χ0) is 10.3. The van der Waals surface area contributed by atoms with Crippen LogP contribution in [0, 0.1) is 6.92 Å². The Kier molecular flexibility index (Phi) is 6.29. The molecule has 0 fully saturated rings. The minimum Gasteiger partial charge on any atom is -0.333 e. The lowest BCUT2D eigenvalue weighted by Crippen LogP contribution is -2.02. The highest BCUT2D eigenvalue weighted by atomic mass is 15.1. The fourth-order valence-corrected chi connectivity index (χ4v) is 1.37. The maximum atomic E-state index is 4.34. The van der Waals surface area contributed by atoms with Gasteiger partial charge in [-0.2, -0.15) is 0 Å². The van der Waals surface area contributed by atoms with Crippen LogP contribution in [0.1, 0.15) is 45.6 Å². The molecule has 0 unspecified atom stereocenters. The van der Waals surface area contributed by atoms with E-state index in [-0.39, 0.29) is 0 Å². The van der Waals surface area contributed by atoms with Gasteiger partial charge in [-0.1, -0.05) is 20.8 Å². The van der Waals surface area contributed by atoms with Gasteiger partial charge in [0, 0.05) is 24.9 Å². The number of hydrogen-bond donors (Lipinski definition) is 0. The molecule has 0 saturated heterocycles. The fourth-order valence-electron chi connectivity index (χ4n) is 1.37. The van der Waals surface area contributed by atoms with Crippen LogP contribution in [0.3, 0.4) is 0 Å². The molecule has 13 heavy (non-hydrogen) atoms. The van der Waals surface area contributed by atoms with E-state index in [0.29, 0.717) is 0 Å². The second-order valence-electron chi connectivity index (χ2n) is 2.81. The van der Waals surface area contributed by atoms with Crippen LogP contribution in [0.15, 0.2) is 6.20 Å². The second-order valence-corrected chi connectivity index (χ2v) is 2.81. The number of aryl methyl sites for hydroxylation is 2. The van der Waals surface area contributed by atoms with Crippen molar-refractivity contribution in [3.05, 3.63) is 17.7 Å². The lowest BCUT2D eigenvalue weighted by molar-refractivity contribution is 0.668. The van der Waals surface area contributed by atoms with Crippen LogP contribution in [0.4, 0.5) is 0 Å². The van der Waals surface area contributed by atoms with Crippen LogP contribution in [0.2, 0.25) is 0 Å². The molecule has 0 atom stereocenters. The molecular weight excluding hydrogens is 160 g/mol. The third-order valence-electron chi connectivity index (χ3n) is 1.93. The van der Waals surface area contributed by atoms with E-state index in [1.54, 1.807) is 0 Å². The second kappa shape index (κ2) is 6.70. The van der Waals surface area contributed by atoms with Gasteiger partial charge in [-0.15, -0.1) is 0 Å². The van der Waals surface area contributed by atoms with E-state index in [4.69, 9.17) is 0 Å². The van der Waals surface area contributed by atoms with E-state index in [0.717, 1.165) is 13.0 Å². The molecule has 0 aromatic carbocycles. The van der Waals surface area contributed by atoms with Gasteiger partial charge < -0.3 is 4.57 Å². The van der Waals surface area contributed by atoms with Crippen LogP contribution in [-0.4, -0.2) is 9.55 Å². The molecule has 0 spiro atoms. The van der Waals surface area contributed by atoms with Crippen molar-refractivity contribution >= 4 is 0 Å². The van der Waals surface area contributed by atoms with Gasteiger partial charge in [0.1, 0.15) is 5.82 Å². The Balaban J connectivity index is 0.000000671. The summed E-state index contributed by atoms with van der Waals surface area (Å²) in [6.07, 6.45) is 4.23. The molecule has 0 bridgehead atoms. The lowest BCUT2D eigenvalue weighted by atomic mass is 10.3. The molecule has 0 aliphatic heterocycles. The molecule has 1 aromatic heterocycles. The van der Waals surface area contributed by atoms with Crippen LogP contribution in [0.5, 0.6) is 0 Å². The quantitative estimate of drug-likeness (QED) is 0.702. The van der Waals surface area contributed by atoms with E-state index in [1.165, 1.54) is 17.9 Å². The summed E-state index contributed by atoms with van der Waals surface area (Å²) in [6, 6.07) is 0. The van der Waals surface area contributed by atoms with E-state index >= 15 is 0 Å². The van der Waals surface area contributed by atoms with Gasteiger partial charge in [0.05, 0.1) is 0 Å². The zero-order valence-electron chi connectivity index (χ0n) is 9.59. The van der Waals surface area contributed by atoms with E-state index in [1.807, 2.05) is 20.0 Å². The highest BCUT2D eigenvalue weighted by molar-refractivity contribution is 5.03. The minimum absolute atomic E-state index is 1.04. The third kappa shape index (κ3) is 3.21. The maximum Gasteiger partial charge on any atom is 0.108 e. The molecule has 1 rings (SSSR count). The highest BCUT2D eigenvalue weighted by Crippen LogP contribution is 2.05. The van der Waals surface area contributed by atoms with Crippen LogP contribution >= 0.6 is 0 Å². The Morgan fingerprint density at radius 3 is 2.38 bits per heavy atom. The Hall–Kier alpha value is -0.790. The lowest BCUT2D eigenvalue weighted by Gasteiger charge is -2.04. The van der Waals surface area contributed by atoms with Crippen molar-refractivity contribution in [1.29, 1.82) is 0 Å². The number of imidazole rings is 1. The van der Waals surface area contributed by atoms with Gasteiger partial charge in [-0.05, 0) is 20.3 Å². The molecule has 2 nitrogen and oxygen atoms in total. The minimum atomic E-state index is 1.04. The molecule has 76 valence electrons. The Labute approximate surface area is 82.0 Å². The van der Waals surface area contributed by atoms with Crippen molar-refractivity contribution in [1.82, 2.24) is 9.55 Å². The van der Waals surface area contributed by atoms with Crippen LogP contribution in [-0.2, 0) is 13.0 Å². The van der Waals surface area contributed by atoms with Crippen molar-refractivity contribution in [2.45, 2.75) is 54.0 Å². The first-order chi connectivity index (χ1) is 6.29. The summed E-state index contributed by atoms with van der Waals surface area (Å²) < 4.78 is 2.27. The highest BCUT2D eigenvalue weighted by Gasteiger charge is 2.02. The Bertz CT molecular complexity index is 226. The average molecular weight is 182 g/mol. The summed E-state index contributed by atoms with van der Waals surface area (Å²) >= 11 is 0. The molecule has 1 heterocycles. The predicted molar refractivity (Wildman–Crippen MR) is 58.0 cm³/mol. The third-order valence-corrected chi connectivity index (χ3v) is 1.93. The molecule has 0 amide bonds. The summed E-state index contributed by atoms with van der Waals surface area (Å²) in [7, 11) is 0. The molecular formula is C11H22N2. The smallest absolute Gasteiger partial charge is 0.108 e. The topological polar surface area (TPSA) is 17.8 Å². The van der Waals surface area contributed by atoms with E-state index in [9.17, 15) is 0 Å². The van der Waals surface area contributed by atoms with Gasteiger partial charge in [-0.3, -0.25) is 0 Å². The molecule has 1 aromatic rings. The molecule has 0 aliphatic rings. The Morgan fingerprint density at radius 1 is 1.31 bits per heavy atom. The van der Waals surface area contributed by atoms with Crippen molar-refractivity contribution in [3.63, 3.8) is 0 Å².